The van der Waals surface area contributed by atoms with Crippen LogP contribution in [0.3, 0.4) is 0 Å². The average Bonchev–Trinajstić information content (AvgIpc) is 2.83. The van der Waals surface area contributed by atoms with Crippen LogP contribution in [-0.4, -0.2) is 18.2 Å². The summed E-state index contributed by atoms with van der Waals surface area (Å²) in [5.74, 6) is -1.69. The van der Waals surface area contributed by atoms with Crippen molar-refractivity contribution in [1.82, 2.24) is 4.57 Å². The third-order valence-electron chi connectivity index (χ3n) is 3.44. The molecule has 8 heteroatoms. The molecule has 5 nitrogen and oxygen atoms in total. The van der Waals surface area contributed by atoms with E-state index < -0.39 is 32.6 Å². The molecule has 0 bridgehead atoms. The Bertz CT molecular complexity index is 896. The summed E-state index contributed by atoms with van der Waals surface area (Å²) in [5.41, 5.74) is 0.106. The highest BCUT2D eigenvalue weighted by Crippen LogP contribution is 2.29. The van der Waals surface area contributed by atoms with Gasteiger partial charge >= 0.3 is 0 Å². The van der Waals surface area contributed by atoms with Gasteiger partial charge in [-0.25, -0.2) is 17.2 Å². The van der Waals surface area contributed by atoms with Crippen molar-refractivity contribution in [3.05, 3.63) is 41.6 Å². The van der Waals surface area contributed by atoms with Gasteiger partial charge in [-0.15, -0.1) is 0 Å². The molecule has 2 rings (SSSR count). The molecule has 1 aromatic carbocycles. The Morgan fingerprint density at radius 1 is 1.22 bits per heavy atom. The summed E-state index contributed by atoms with van der Waals surface area (Å²) in [4.78, 5) is 0. The number of hydrogen-bond acceptors (Lipinski definition) is 3. The summed E-state index contributed by atoms with van der Waals surface area (Å²) in [5, 5.41) is 8.13. The predicted octanol–water partition coefficient (Wildman–Crippen LogP) is 2.99. The third kappa shape index (κ3) is 3.19. The van der Waals surface area contributed by atoms with E-state index >= 15 is 0 Å². The first-order valence-electron chi connectivity index (χ1n) is 6.74. The molecule has 0 amide bonds. The zero-order valence-corrected chi connectivity index (χ0v) is 13.6. The standard InChI is InChI=1S/C15H15F2N3O2S/c1-9(2)23(21,22)19-14-7-12(16)11(6-13(14)17)15-5-4-10(8-18)20(15)3/h4-7,9,19H,1-3H3. The number of nitrogens with one attached hydrogen (secondary N) is 1. The summed E-state index contributed by atoms with van der Waals surface area (Å²) in [7, 11) is -2.22. The van der Waals surface area contributed by atoms with Crippen molar-refractivity contribution in [1.29, 1.82) is 5.26 Å². The van der Waals surface area contributed by atoms with Gasteiger partial charge in [0.05, 0.1) is 16.6 Å². The smallest absolute Gasteiger partial charge is 0.235 e. The van der Waals surface area contributed by atoms with Gasteiger partial charge in [-0.2, -0.15) is 5.26 Å². The second kappa shape index (κ2) is 6.01. The maximum atomic E-state index is 14.3. The number of nitriles is 1. The summed E-state index contributed by atoms with van der Waals surface area (Å²) in [6.45, 7) is 2.86. The summed E-state index contributed by atoms with van der Waals surface area (Å²) < 4.78 is 55.5. The van der Waals surface area contributed by atoms with Gasteiger partial charge in [0.15, 0.2) is 0 Å². The van der Waals surface area contributed by atoms with E-state index in [4.69, 9.17) is 5.26 Å². The van der Waals surface area contributed by atoms with Gasteiger partial charge in [-0.3, -0.25) is 4.72 Å². The number of halogens is 2. The summed E-state index contributed by atoms with van der Waals surface area (Å²) >= 11 is 0. The first kappa shape index (κ1) is 17.0. The van der Waals surface area contributed by atoms with Crippen LogP contribution < -0.4 is 4.72 Å². The van der Waals surface area contributed by atoms with Crippen molar-refractivity contribution < 1.29 is 17.2 Å². The molecule has 0 unspecified atom stereocenters. The number of nitrogens with zero attached hydrogens (tertiary/aromatic N) is 2. The normalized spacial score (nSPS) is 11.5. The van der Waals surface area contributed by atoms with Crippen LogP contribution in [0.2, 0.25) is 0 Å². The summed E-state index contributed by atoms with van der Waals surface area (Å²) in [6, 6.07) is 6.61. The van der Waals surface area contributed by atoms with E-state index in [1.54, 1.807) is 7.05 Å². The van der Waals surface area contributed by atoms with E-state index in [2.05, 4.69) is 0 Å². The molecule has 1 aromatic heterocycles. The quantitative estimate of drug-likeness (QED) is 0.930. The minimum atomic E-state index is -3.78. The second-order valence-corrected chi connectivity index (χ2v) is 7.52. The molecule has 0 saturated heterocycles. The van der Waals surface area contributed by atoms with Crippen molar-refractivity contribution >= 4 is 15.7 Å². The zero-order valence-electron chi connectivity index (χ0n) is 12.8. The van der Waals surface area contributed by atoms with Crippen LogP contribution in [0.15, 0.2) is 24.3 Å². The molecular weight excluding hydrogens is 324 g/mol. The molecule has 0 atom stereocenters. The lowest BCUT2D eigenvalue weighted by Gasteiger charge is -2.13. The predicted molar refractivity (Wildman–Crippen MR) is 83.2 cm³/mol. The van der Waals surface area contributed by atoms with Crippen LogP contribution in [0, 0.1) is 23.0 Å². The van der Waals surface area contributed by atoms with Gasteiger partial charge in [0.2, 0.25) is 10.0 Å². The number of aromatic nitrogens is 1. The average molecular weight is 339 g/mol. The maximum Gasteiger partial charge on any atom is 0.235 e. The molecule has 0 fully saturated rings. The number of sulfonamides is 1. The molecule has 0 saturated carbocycles. The molecule has 0 aliphatic rings. The van der Waals surface area contributed by atoms with Crippen molar-refractivity contribution in [3.63, 3.8) is 0 Å². The Labute approximate surface area is 133 Å². The van der Waals surface area contributed by atoms with Crippen LogP contribution in [0.5, 0.6) is 0 Å². The van der Waals surface area contributed by atoms with Gasteiger partial charge in [0, 0.05) is 18.7 Å². The number of rotatable bonds is 4. The lowest BCUT2D eigenvalue weighted by Crippen LogP contribution is -2.23. The van der Waals surface area contributed by atoms with Crippen molar-refractivity contribution in [3.8, 4) is 17.3 Å². The van der Waals surface area contributed by atoms with Crippen LogP contribution >= 0.6 is 0 Å². The van der Waals surface area contributed by atoms with E-state index in [0.29, 0.717) is 11.4 Å². The van der Waals surface area contributed by atoms with Crippen LogP contribution in [0.25, 0.3) is 11.3 Å². The van der Waals surface area contributed by atoms with Crippen LogP contribution in [0.1, 0.15) is 19.5 Å². The number of hydrogen-bond donors (Lipinski definition) is 1. The minimum absolute atomic E-state index is 0.0565. The lowest BCUT2D eigenvalue weighted by molar-refractivity contribution is 0.588. The first-order chi connectivity index (χ1) is 10.7. The monoisotopic (exact) mass is 339 g/mol. The number of benzene rings is 1. The molecule has 23 heavy (non-hydrogen) atoms. The molecule has 1 N–H and O–H groups in total. The van der Waals surface area contributed by atoms with Crippen LogP contribution in [0.4, 0.5) is 14.5 Å². The highest BCUT2D eigenvalue weighted by atomic mass is 32.2. The first-order valence-corrected chi connectivity index (χ1v) is 8.29. The van der Waals surface area contributed by atoms with Gasteiger partial charge < -0.3 is 4.57 Å². The highest BCUT2D eigenvalue weighted by Gasteiger charge is 2.20. The Balaban J connectivity index is 2.50. The molecule has 0 aliphatic heterocycles. The zero-order chi connectivity index (χ0) is 17.4. The molecular formula is C15H15F2N3O2S. The fourth-order valence-electron chi connectivity index (χ4n) is 1.99. The molecule has 1 heterocycles. The molecule has 0 radical (unpaired) electrons. The van der Waals surface area contributed by atoms with E-state index in [1.807, 2.05) is 10.8 Å². The second-order valence-electron chi connectivity index (χ2n) is 5.28. The fourth-order valence-corrected chi connectivity index (χ4v) is 2.69. The molecule has 0 spiro atoms. The Morgan fingerprint density at radius 3 is 2.39 bits per heavy atom. The molecule has 122 valence electrons. The van der Waals surface area contributed by atoms with E-state index in [9.17, 15) is 17.2 Å². The van der Waals surface area contributed by atoms with Crippen molar-refractivity contribution in [2.75, 3.05) is 4.72 Å². The van der Waals surface area contributed by atoms with Gasteiger partial charge in [0.25, 0.3) is 0 Å². The fraction of sp³-hybridized carbons (Fsp3) is 0.267. The van der Waals surface area contributed by atoms with E-state index in [1.165, 1.54) is 30.5 Å². The van der Waals surface area contributed by atoms with Gasteiger partial charge in [-0.05, 0) is 32.0 Å². The molecule has 0 aliphatic carbocycles. The van der Waals surface area contributed by atoms with Gasteiger partial charge in [-0.1, -0.05) is 0 Å². The topological polar surface area (TPSA) is 74.9 Å². The van der Waals surface area contributed by atoms with E-state index in [0.717, 1.165) is 12.1 Å². The third-order valence-corrected chi connectivity index (χ3v) is 5.19. The highest BCUT2D eigenvalue weighted by molar-refractivity contribution is 7.93. The Morgan fingerprint density at radius 2 is 1.87 bits per heavy atom. The SMILES string of the molecule is CC(C)S(=O)(=O)Nc1cc(F)c(-c2ccc(C#N)n2C)cc1F. The van der Waals surface area contributed by atoms with Crippen molar-refractivity contribution in [2.24, 2.45) is 7.05 Å². The Hall–Kier alpha value is -2.40. The minimum Gasteiger partial charge on any atom is -0.335 e. The Kier molecular flexibility index (Phi) is 4.43. The summed E-state index contributed by atoms with van der Waals surface area (Å²) in [6.07, 6.45) is 0. The number of anilines is 1. The largest absolute Gasteiger partial charge is 0.335 e. The van der Waals surface area contributed by atoms with Gasteiger partial charge in [0.1, 0.15) is 23.4 Å². The van der Waals surface area contributed by atoms with Crippen molar-refractivity contribution in [2.45, 2.75) is 19.1 Å². The van der Waals surface area contributed by atoms with E-state index in [-0.39, 0.29) is 5.56 Å². The lowest BCUT2D eigenvalue weighted by atomic mass is 10.1. The maximum absolute atomic E-state index is 14.3. The molecule has 2 aromatic rings. The van der Waals surface area contributed by atoms with Crippen LogP contribution in [-0.2, 0) is 17.1 Å².